The van der Waals surface area contributed by atoms with Crippen LogP contribution in [0.4, 0.5) is 0 Å². The number of benzene rings is 1. The summed E-state index contributed by atoms with van der Waals surface area (Å²) in [6, 6.07) is 9.26. The molecule has 1 saturated heterocycles. The van der Waals surface area contributed by atoms with E-state index in [4.69, 9.17) is 5.73 Å². The maximum Gasteiger partial charge on any atom is 0.0236 e. The fraction of sp³-hybridized carbons (Fsp3) is 0.647. The summed E-state index contributed by atoms with van der Waals surface area (Å²) in [4.78, 5) is 5.15. The minimum absolute atomic E-state index is 0.384. The number of piperidine rings is 1. The number of rotatable bonds is 3. The molecule has 0 aliphatic carbocycles. The highest BCUT2D eigenvalue weighted by Gasteiger charge is 2.28. The zero-order valence-electron chi connectivity index (χ0n) is 12.6. The lowest BCUT2D eigenvalue weighted by atomic mass is 9.91. The van der Waals surface area contributed by atoms with Crippen LogP contribution in [0.15, 0.2) is 24.3 Å². The van der Waals surface area contributed by atoms with E-state index in [9.17, 15) is 0 Å². The van der Waals surface area contributed by atoms with Gasteiger partial charge in [-0.3, -0.25) is 4.90 Å². The molecule has 2 N–H and O–H groups in total. The normalized spacial score (nSPS) is 28.3. The van der Waals surface area contributed by atoms with Crippen molar-refractivity contribution in [3.05, 3.63) is 35.4 Å². The van der Waals surface area contributed by atoms with Crippen LogP contribution in [0.3, 0.4) is 0 Å². The summed E-state index contributed by atoms with van der Waals surface area (Å²) in [5, 5.41) is 0. The van der Waals surface area contributed by atoms with Gasteiger partial charge in [0.25, 0.3) is 0 Å². The van der Waals surface area contributed by atoms with Gasteiger partial charge in [-0.15, -0.1) is 0 Å². The molecule has 2 atom stereocenters. The molecule has 0 bridgehead atoms. The van der Waals surface area contributed by atoms with Crippen molar-refractivity contribution in [1.82, 2.24) is 9.80 Å². The Labute approximate surface area is 122 Å². The molecule has 0 saturated carbocycles. The van der Waals surface area contributed by atoms with Gasteiger partial charge < -0.3 is 10.6 Å². The highest BCUT2D eigenvalue weighted by molar-refractivity contribution is 5.29. The van der Waals surface area contributed by atoms with Crippen LogP contribution in [-0.4, -0.2) is 48.6 Å². The second kappa shape index (κ2) is 6.25. The van der Waals surface area contributed by atoms with E-state index in [1.165, 1.54) is 37.2 Å². The smallest absolute Gasteiger partial charge is 0.0236 e. The number of nitrogens with zero attached hydrogens (tertiary/aromatic N) is 2. The summed E-state index contributed by atoms with van der Waals surface area (Å²) in [5.41, 5.74) is 9.40. The Hall–Kier alpha value is -0.900. The molecule has 3 nitrogen and oxygen atoms in total. The minimum Gasteiger partial charge on any atom is -0.327 e. The summed E-state index contributed by atoms with van der Waals surface area (Å²) in [6.45, 7) is 9.22. The Morgan fingerprint density at radius 1 is 1.15 bits per heavy atom. The van der Waals surface area contributed by atoms with E-state index in [1.54, 1.807) is 0 Å². The molecule has 2 aliphatic heterocycles. The average molecular weight is 273 g/mol. The van der Waals surface area contributed by atoms with E-state index in [2.05, 4.69) is 41.0 Å². The van der Waals surface area contributed by atoms with Crippen LogP contribution in [0, 0.1) is 5.92 Å². The van der Waals surface area contributed by atoms with Crippen molar-refractivity contribution in [1.29, 1.82) is 0 Å². The van der Waals surface area contributed by atoms with Crippen molar-refractivity contribution in [3.8, 4) is 0 Å². The van der Waals surface area contributed by atoms with Crippen molar-refractivity contribution in [2.75, 3.05) is 32.7 Å². The van der Waals surface area contributed by atoms with Gasteiger partial charge in [-0.05, 0) is 43.0 Å². The first kappa shape index (κ1) is 14.1. The van der Waals surface area contributed by atoms with Gasteiger partial charge in [0.1, 0.15) is 0 Å². The van der Waals surface area contributed by atoms with Gasteiger partial charge in [-0.25, -0.2) is 0 Å². The summed E-state index contributed by atoms with van der Waals surface area (Å²) in [5.74, 6) is 0.633. The largest absolute Gasteiger partial charge is 0.327 e. The number of fused-ring (bicyclic) bond motifs is 1. The number of hydrogen-bond donors (Lipinski definition) is 1. The zero-order chi connectivity index (χ0) is 13.9. The Balaban J connectivity index is 1.61. The Bertz CT molecular complexity index is 446. The average Bonchev–Trinajstić information content (AvgIpc) is 2.49. The molecular weight excluding hydrogens is 246 g/mol. The SMILES string of the molecule is CCN1CCC(N)C(CN2CCc3ccccc3C2)C1. The summed E-state index contributed by atoms with van der Waals surface area (Å²) in [7, 11) is 0. The molecule has 0 radical (unpaired) electrons. The lowest BCUT2D eigenvalue weighted by molar-refractivity contribution is 0.114. The molecule has 2 aliphatic rings. The molecule has 1 aromatic carbocycles. The van der Waals surface area contributed by atoms with E-state index >= 15 is 0 Å². The molecule has 3 heteroatoms. The summed E-state index contributed by atoms with van der Waals surface area (Å²) < 4.78 is 0. The minimum atomic E-state index is 0.384. The predicted octanol–water partition coefficient (Wildman–Crippen LogP) is 1.71. The maximum absolute atomic E-state index is 6.35. The van der Waals surface area contributed by atoms with Crippen molar-refractivity contribution < 1.29 is 0 Å². The summed E-state index contributed by atoms with van der Waals surface area (Å²) in [6.07, 6.45) is 2.35. The van der Waals surface area contributed by atoms with Gasteiger partial charge in [-0.1, -0.05) is 31.2 Å². The Morgan fingerprint density at radius 3 is 2.75 bits per heavy atom. The van der Waals surface area contributed by atoms with Crippen LogP contribution in [0.25, 0.3) is 0 Å². The first-order valence-electron chi connectivity index (χ1n) is 8.03. The molecule has 2 unspecified atom stereocenters. The van der Waals surface area contributed by atoms with E-state index in [-0.39, 0.29) is 0 Å². The van der Waals surface area contributed by atoms with Gasteiger partial charge in [0.15, 0.2) is 0 Å². The van der Waals surface area contributed by atoms with E-state index in [0.29, 0.717) is 12.0 Å². The Morgan fingerprint density at radius 2 is 1.95 bits per heavy atom. The van der Waals surface area contributed by atoms with Crippen molar-refractivity contribution in [3.63, 3.8) is 0 Å². The molecule has 1 fully saturated rings. The lowest BCUT2D eigenvalue weighted by Crippen LogP contribution is -2.51. The fourth-order valence-corrected chi connectivity index (χ4v) is 3.65. The second-order valence-corrected chi connectivity index (χ2v) is 6.36. The lowest BCUT2D eigenvalue weighted by Gasteiger charge is -2.40. The Kier molecular flexibility index (Phi) is 4.39. The molecule has 3 rings (SSSR count). The van der Waals surface area contributed by atoms with Crippen LogP contribution < -0.4 is 5.73 Å². The van der Waals surface area contributed by atoms with Crippen LogP contribution >= 0.6 is 0 Å². The van der Waals surface area contributed by atoms with E-state index in [1.807, 2.05) is 0 Å². The van der Waals surface area contributed by atoms with Gasteiger partial charge >= 0.3 is 0 Å². The molecule has 2 heterocycles. The highest BCUT2D eigenvalue weighted by Crippen LogP contribution is 2.22. The van der Waals surface area contributed by atoms with Crippen molar-refractivity contribution in [2.45, 2.75) is 32.4 Å². The van der Waals surface area contributed by atoms with Crippen molar-refractivity contribution in [2.24, 2.45) is 11.7 Å². The maximum atomic E-state index is 6.35. The standard InChI is InChI=1S/C17H27N3/c1-2-19-10-8-17(18)16(12-19)13-20-9-7-14-5-3-4-6-15(14)11-20/h3-6,16-17H,2,7-13,18H2,1H3. The predicted molar refractivity (Wildman–Crippen MR) is 83.6 cm³/mol. The fourth-order valence-electron chi connectivity index (χ4n) is 3.65. The van der Waals surface area contributed by atoms with Gasteiger partial charge in [-0.2, -0.15) is 0 Å². The van der Waals surface area contributed by atoms with Crippen LogP contribution in [0.2, 0.25) is 0 Å². The zero-order valence-corrected chi connectivity index (χ0v) is 12.6. The second-order valence-electron chi connectivity index (χ2n) is 6.36. The molecule has 1 aromatic rings. The number of hydrogen-bond acceptors (Lipinski definition) is 3. The monoisotopic (exact) mass is 273 g/mol. The molecule has 110 valence electrons. The number of nitrogens with two attached hydrogens (primary N) is 1. The first-order valence-corrected chi connectivity index (χ1v) is 8.03. The third-order valence-electron chi connectivity index (χ3n) is 5.03. The topological polar surface area (TPSA) is 32.5 Å². The first-order chi connectivity index (χ1) is 9.76. The molecular formula is C17H27N3. The van der Waals surface area contributed by atoms with Crippen LogP contribution in [0.1, 0.15) is 24.5 Å². The van der Waals surface area contributed by atoms with Crippen LogP contribution in [-0.2, 0) is 13.0 Å². The summed E-state index contributed by atoms with van der Waals surface area (Å²) >= 11 is 0. The van der Waals surface area contributed by atoms with E-state index in [0.717, 1.165) is 26.1 Å². The quantitative estimate of drug-likeness (QED) is 0.910. The highest BCUT2D eigenvalue weighted by atomic mass is 15.2. The van der Waals surface area contributed by atoms with Crippen molar-refractivity contribution >= 4 is 0 Å². The molecule has 20 heavy (non-hydrogen) atoms. The van der Waals surface area contributed by atoms with Gasteiger partial charge in [0, 0.05) is 32.2 Å². The third kappa shape index (κ3) is 3.05. The molecule has 0 spiro atoms. The molecule has 0 aromatic heterocycles. The van der Waals surface area contributed by atoms with Crippen LogP contribution in [0.5, 0.6) is 0 Å². The molecule has 0 amide bonds. The van der Waals surface area contributed by atoms with Gasteiger partial charge in [0.2, 0.25) is 0 Å². The van der Waals surface area contributed by atoms with E-state index < -0.39 is 0 Å². The third-order valence-corrected chi connectivity index (χ3v) is 5.03. The van der Waals surface area contributed by atoms with Gasteiger partial charge in [0.05, 0.1) is 0 Å². The number of likely N-dealkylation sites (tertiary alicyclic amines) is 1.